The van der Waals surface area contributed by atoms with Gasteiger partial charge in [0.05, 0.1) is 0 Å². The Morgan fingerprint density at radius 1 is 1.60 bits per heavy atom. The summed E-state index contributed by atoms with van der Waals surface area (Å²) in [6, 6.07) is 0. The molecule has 0 saturated carbocycles. The Balaban J connectivity index is 2.70. The first kappa shape index (κ1) is 7.54. The molecule has 0 aromatic heterocycles. The standard InChI is InChI=1S/C6H6ClF2N/c7-5-4(6(8)9)2-1-3-10-5/h1-3,5-6,10H. The van der Waals surface area contributed by atoms with Gasteiger partial charge in [0, 0.05) is 5.57 Å². The molecule has 0 aliphatic carbocycles. The van der Waals surface area contributed by atoms with Crippen molar-refractivity contribution in [3.63, 3.8) is 0 Å². The van der Waals surface area contributed by atoms with E-state index in [1.807, 2.05) is 0 Å². The lowest BCUT2D eigenvalue weighted by Crippen LogP contribution is -2.25. The molecule has 4 heteroatoms. The zero-order valence-corrected chi connectivity index (χ0v) is 5.78. The first-order chi connectivity index (χ1) is 4.72. The van der Waals surface area contributed by atoms with E-state index in [0.717, 1.165) is 0 Å². The van der Waals surface area contributed by atoms with Gasteiger partial charge in [0.15, 0.2) is 0 Å². The minimum absolute atomic E-state index is 0.0795. The van der Waals surface area contributed by atoms with E-state index >= 15 is 0 Å². The van der Waals surface area contributed by atoms with Crippen LogP contribution in [0, 0.1) is 0 Å². The Labute approximate surface area is 62.4 Å². The number of halogens is 3. The molecule has 0 saturated heterocycles. The van der Waals surface area contributed by atoms with Crippen LogP contribution in [0.2, 0.25) is 0 Å². The maximum atomic E-state index is 11.9. The second-order valence-corrected chi connectivity index (χ2v) is 2.29. The number of hydrogen-bond donors (Lipinski definition) is 1. The average Bonchev–Trinajstić information content (AvgIpc) is 1.88. The van der Waals surface area contributed by atoms with E-state index in [1.54, 1.807) is 0 Å². The number of dihydropyridines is 1. The van der Waals surface area contributed by atoms with Crippen molar-refractivity contribution in [3.05, 3.63) is 23.9 Å². The summed E-state index contributed by atoms with van der Waals surface area (Å²) >= 11 is 5.47. The molecule has 1 nitrogen and oxygen atoms in total. The van der Waals surface area contributed by atoms with Gasteiger partial charge in [-0.25, -0.2) is 8.78 Å². The largest absolute Gasteiger partial charge is 0.372 e. The van der Waals surface area contributed by atoms with E-state index in [2.05, 4.69) is 5.32 Å². The monoisotopic (exact) mass is 165 g/mol. The van der Waals surface area contributed by atoms with Crippen molar-refractivity contribution in [3.8, 4) is 0 Å². The lowest BCUT2D eigenvalue weighted by molar-refractivity contribution is 0.184. The topological polar surface area (TPSA) is 12.0 Å². The van der Waals surface area contributed by atoms with Crippen LogP contribution in [0.15, 0.2) is 23.9 Å². The van der Waals surface area contributed by atoms with Gasteiger partial charge >= 0.3 is 0 Å². The Hall–Kier alpha value is -0.570. The van der Waals surface area contributed by atoms with Crippen LogP contribution in [-0.4, -0.2) is 11.9 Å². The highest BCUT2D eigenvalue weighted by molar-refractivity contribution is 6.22. The Kier molecular flexibility index (Phi) is 2.27. The van der Waals surface area contributed by atoms with Crippen LogP contribution in [0.25, 0.3) is 0 Å². The summed E-state index contributed by atoms with van der Waals surface area (Å²) in [5.74, 6) is 0. The van der Waals surface area contributed by atoms with Crippen molar-refractivity contribution in [2.75, 3.05) is 0 Å². The number of rotatable bonds is 1. The van der Waals surface area contributed by atoms with E-state index in [-0.39, 0.29) is 5.57 Å². The van der Waals surface area contributed by atoms with Crippen molar-refractivity contribution in [1.82, 2.24) is 5.32 Å². The quantitative estimate of drug-likeness (QED) is 0.462. The molecule has 1 aliphatic heterocycles. The first-order valence-electron chi connectivity index (χ1n) is 2.76. The maximum Gasteiger partial charge on any atom is 0.263 e. The lowest BCUT2D eigenvalue weighted by atomic mass is 10.2. The third kappa shape index (κ3) is 1.48. The van der Waals surface area contributed by atoms with E-state index in [0.29, 0.717) is 0 Å². The number of alkyl halides is 3. The highest BCUT2D eigenvalue weighted by Crippen LogP contribution is 2.18. The van der Waals surface area contributed by atoms with Gasteiger partial charge < -0.3 is 5.32 Å². The number of nitrogens with one attached hydrogen (secondary N) is 1. The summed E-state index contributed by atoms with van der Waals surface area (Å²) in [5, 5.41) is 2.55. The minimum Gasteiger partial charge on any atom is -0.372 e. The van der Waals surface area contributed by atoms with Crippen molar-refractivity contribution in [2.45, 2.75) is 11.9 Å². The molecule has 1 rings (SSSR count). The molecule has 10 heavy (non-hydrogen) atoms. The zero-order chi connectivity index (χ0) is 7.56. The fraction of sp³-hybridized carbons (Fsp3) is 0.333. The highest BCUT2D eigenvalue weighted by Gasteiger charge is 2.19. The second kappa shape index (κ2) is 3.01. The molecule has 56 valence electrons. The van der Waals surface area contributed by atoms with Crippen molar-refractivity contribution in [1.29, 1.82) is 0 Å². The molecule has 1 heterocycles. The van der Waals surface area contributed by atoms with Crippen molar-refractivity contribution >= 4 is 11.6 Å². The third-order valence-electron chi connectivity index (χ3n) is 1.17. The molecule has 1 aliphatic rings. The molecule has 0 fully saturated rings. The van der Waals surface area contributed by atoms with E-state index in [1.165, 1.54) is 18.4 Å². The van der Waals surface area contributed by atoms with E-state index in [9.17, 15) is 8.78 Å². The van der Waals surface area contributed by atoms with Crippen LogP contribution in [0.4, 0.5) is 8.78 Å². The normalized spacial score (nSPS) is 24.4. The lowest BCUT2D eigenvalue weighted by Gasteiger charge is -2.15. The molecule has 0 aromatic rings. The molecule has 1 unspecified atom stereocenters. The molecule has 0 aromatic carbocycles. The van der Waals surface area contributed by atoms with Gasteiger partial charge in [-0.1, -0.05) is 17.7 Å². The van der Waals surface area contributed by atoms with Gasteiger partial charge in [0.25, 0.3) is 6.43 Å². The maximum absolute atomic E-state index is 11.9. The van der Waals surface area contributed by atoms with Crippen LogP contribution in [0.5, 0.6) is 0 Å². The van der Waals surface area contributed by atoms with Crippen LogP contribution >= 0.6 is 11.6 Å². The Morgan fingerprint density at radius 3 is 2.70 bits per heavy atom. The average molecular weight is 166 g/mol. The smallest absolute Gasteiger partial charge is 0.263 e. The van der Waals surface area contributed by atoms with Gasteiger partial charge in [-0.15, -0.1) is 0 Å². The first-order valence-corrected chi connectivity index (χ1v) is 3.20. The number of hydrogen-bond acceptors (Lipinski definition) is 1. The molecule has 1 N–H and O–H groups in total. The summed E-state index contributed by atoms with van der Waals surface area (Å²) in [7, 11) is 0. The van der Waals surface area contributed by atoms with Gasteiger partial charge in [0.1, 0.15) is 5.50 Å². The second-order valence-electron chi connectivity index (χ2n) is 1.86. The molecular formula is C6H6ClF2N. The van der Waals surface area contributed by atoms with E-state index in [4.69, 9.17) is 11.6 Å². The molecule has 0 amide bonds. The molecule has 0 radical (unpaired) electrons. The van der Waals surface area contributed by atoms with Gasteiger partial charge in [-0.2, -0.15) is 0 Å². The molecular weight excluding hydrogens is 160 g/mol. The van der Waals surface area contributed by atoms with Gasteiger partial charge in [-0.05, 0) is 12.3 Å². The summed E-state index contributed by atoms with van der Waals surface area (Å²) in [5.41, 5.74) is -0.839. The fourth-order valence-corrected chi connectivity index (χ4v) is 0.904. The fourth-order valence-electron chi connectivity index (χ4n) is 0.663. The summed E-state index contributed by atoms with van der Waals surface area (Å²) in [6.45, 7) is 0. The molecule has 0 bridgehead atoms. The Morgan fingerprint density at radius 2 is 2.30 bits per heavy atom. The van der Waals surface area contributed by atoms with Gasteiger partial charge in [0.2, 0.25) is 0 Å². The van der Waals surface area contributed by atoms with Crippen LogP contribution in [-0.2, 0) is 0 Å². The van der Waals surface area contributed by atoms with Crippen molar-refractivity contribution in [2.24, 2.45) is 0 Å². The zero-order valence-electron chi connectivity index (χ0n) is 5.02. The van der Waals surface area contributed by atoms with Crippen LogP contribution in [0.3, 0.4) is 0 Å². The van der Waals surface area contributed by atoms with Crippen LogP contribution in [0.1, 0.15) is 0 Å². The Bertz CT molecular complexity index is 177. The van der Waals surface area contributed by atoms with E-state index < -0.39 is 11.9 Å². The predicted octanol–water partition coefficient (Wildman–Crippen LogP) is 1.86. The SMILES string of the molecule is FC(F)C1=CC=CNC1Cl. The number of allylic oxidation sites excluding steroid dienone is 2. The molecule has 0 spiro atoms. The van der Waals surface area contributed by atoms with Crippen molar-refractivity contribution < 1.29 is 8.78 Å². The third-order valence-corrected chi connectivity index (χ3v) is 1.55. The summed E-state index contributed by atoms with van der Waals surface area (Å²) in [6.07, 6.45) is 1.88. The van der Waals surface area contributed by atoms with Crippen LogP contribution < -0.4 is 5.32 Å². The molecule has 1 atom stereocenters. The minimum atomic E-state index is -2.47. The predicted molar refractivity (Wildman–Crippen MR) is 36.0 cm³/mol. The summed E-state index contributed by atoms with van der Waals surface area (Å²) in [4.78, 5) is 0. The summed E-state index contributed by atoms with van der Waals surface area (Å²) < 4.78 is 23.9. The van der Waals surface area contributed by atoms with Gasteiger partial charge in [-0.3, -0.25) is 0 Å². The highest BCUT2D eigenvalue weighted by atomic mass is 35.5.